The average molecular weight is 360 g/mol. The number of fused-ring (bicyclic) bond motifs is 1. The van der Waals surface area contributed by atoms with Crippen molar-refractivity contribution in [3.63, 3.8) is 0 Å². The monoisotopic (exact) mass is 359 g/mol. The van der Waals surface area contributed by atoms with Crippen molar-refractivity contribution in [2.45, 2.75) is 18.9 Å². The number of amides is 1. The van der Waals surface area contributed by atoms with Crippen molar-refractivity contribution in [3.8, 4) is 5.75 Å². The second-order valence-corrected chi connectivity index (χ2v) is 6.66. The highest BCUT2D eigenvalue weighted by Gasteiger charge is 2.41. The summed E-state index contributed by atoms with van der Waals surface area (Å²) >= 11 is 6.06. The maximum Gasteiger partial charge on any atom is 0.238 e. The Bertz CT molecular complexity index is 570. The van der Waals surface area contributed by atoms with Crippen molar-refractivity contribution in [2.75, 3.05) is 32.1 Å². The number of likely N-dealkylation sites (tertiary alicyclic amines) is 1. The van der Waals surface area contributed by atoms with Crippen LogP contribution < -0.4 is 15.8 Å². The molecule has 1 saturated heterocycles. The molecule has 23 heavy (non-hydrogen) atoms. The number of carbonyl (C=O) groups excluding carboxylic acids is 1. The van der Waals surface area contributed by atoms with Crippen LogP contribution in [-0.2, 0) is 4.79 Å². The van der Waals surface area contributed by atoms with Gasteiger partial charge in [-0.15, -0.1) is 12.4 Å². The summed E-state index contributed by atoms with van der Waals surface area (Å²) in [4.78, 5) is 14.4. The summed E-state index contributed by atoms with van der Waals surface area (Å²) in [5, 5.41) is 3.37. The number of rotatable bonds is 4. The summed E-state index contributed by atoms with van der Waals surface area (Å²) < 4.78 is 5.10. The Balaban J connectivity index is 0.00000192. The number of hydrogen-bond acceptors (Lipinski definition) is 4. The molecule has 3 unspecified atom stereocenters. The zero-order chi connectivity index (χ0) is 15.7. The third-order valence-corrected chi connectivity index (χ3v) is 5.09. The molecule has 1 amide bonds. The van der Waals surface area contributed by atoms with Crippen LogP contribution in [-0.4, -0.2) is 43.6 Å². The molecule has 0 aromatic heterocycles. The Kier molecular flexibility index (Phi) is 6.14. The summed E-state index contributed by atoms with van der Waals surface area (Å²) in [5.41, 5.74) is 6.81. The molecule has 1 saturated carbocycles. The fraction of sp³-hybridized carbons (Fsp3) is 0.562. The number of carbonyl (C=O) groups is 1. The first-order chi connectivity index (χ1) is 10.6. The summed E-state index contributed by atoms with van der Waals surface area (Å²) in [5.74, 6) is 1.80. The molecule has 0 radical (unpaired) electrons. The Morgan fingerprint density at radius 2 is 2.22 bits per heavy atom. The van der Waals surface area contributed by atoms with E-state index in [1.807, 2.05) is 0 Å². The number of halogens is 2. The summed E-state index contributed by atoms with van der Waals surface area (Å²) in [6.07, 6.45) is 2.32. The van der Waals surface area contributed by atoms with E-state index in [4.69, 9.17) is 22.1 Å². The summed E-state index contributed by atoms with van der Waals surface area (Å²) in [7, 11) is 1.56. The molecular formula is C16H23Cl2N3O2. The molecule has 0 bridgehead atoms. The van der Waals surface area contributed by atoms with E-state index in [0.29, 0.717) is 40.9 Å². The Hall–Kier alpha value is -1.01. The van der Waals surface area contributed by atoms with Crippen LogP contribution in [0, 0.1) is 11.8 Å². The smallest absolute Gasteiger partial charge is 0.238 e. The molecule has 1 aromatic rings. The number of ether oxygens (including phenoxy) is 1. The van der Waals surface area contributed by atoms with Crippen molar-refractivity contribution in [1.29, 1.82) is 0 Å². The molecular weight excluding hydrogens is 337 g/mol. The molecule has 1 aliphatic heterocycles. The predicted molar refractivity (Wildman–Crippen MR) is 94.5 cm³/mol. The third-order valence-electron chi connectivity index (χ3n) is 4.79. The lowest BCUT2D eigenvalue weighted by Crippen LogP contribution is -2.34. The van der Waals surface area contributed by atoms with Gasteiger partial charge in [-0.05, 0) is 42.9 Å². The van der Waals surface area contributed by atoms with Crippen LogP contribution in [0.2, 0.25) is 5.02 Å². The standard InChI is InChI=1S/C16H22ClN3O2.ClH/c1-22-15-5-3-11(6-13(15)17)19-16(21)9-20-7-10-2-4-14(18)12(10)8-20;/h3,5-6,10,12,14H,2,4,7-9,18H2,1H3,(H,19,21);1H. The summed E-state index contributed by atoms with van der Waals surface area (Å²) in [6, 6.07) is 5.54. The van der Waals surface area contributed by atoms with Gasteiger partial charge in [-0.1, -0.05) is 11.6 Å². The first kappa shape index (κ1) is 18.3. The maximum atomic E-state index is 12.2. The fourth-order valence-electron chi connectivity index (χ4n) is 3.68. The van der Waals surface area contributed by atoms with Gasteiger partial charge in [-0.25, -0.2) is 0 Å². The number of nitrogens with one attached hydrogen (secondary N) is 1. The highest BCUT2D eigenvalue weighted by atomic mass is 35.5. The lowest BCUT2D eigenvalue weighted by atomic mass is 9.98. The van der Waals surface area contributed by atoms with Crippen LogP contribution in [0.4, 0.5) is 5.69 Å². The van der Waals surface area contributed by atoms with Crippen molar-refractivity contribution in [2.24, 2.45) is 17.6 Å². The number of nitrogens with two attached hydrogens (primary N) is 1. The van der Waals surface area contributed by atoms with Crippen molar-refractivity contribution >= 4 is 35.6 Å². The van der Waals surface area contributed by atoms with Crippen molar-refractivity contribution in [3.05, 3.63) is 23.2 Å². The molecule has 0 spiro atoms. The molecule has 3 atom stereocenters. The van der Waals surface area contributed by atoms with Gasteiger partial charge in [0, 0.05) is 24.8 Å². The van der Waals surface area contributed by atoms with Crippen molar-refractivity contribution < 1.29 is 9.53 Å². The minimum absolute atomic E-state index is 0. The molecule has 7 heteroatoms. The van der Waals surface area contributed by atoms with E-state index in [1.165, 1.54) is 6.42 Å². The lowest BCUT2D eigenvalue weighted by molar-refractivity contribution is -0.117. The second-order valence-electron chi connectivity index (χ2n) is 6.26. The lowest BCUT2D eigenvalue weighted by Gasteiger charge is -2.18. The quantitative estimate of drug-likeness (QED) is 0.865. The van der Waals surface area contributed by atoms with E-state index in [-0.39, 0.29) is 18.3 Å². The van der Waals surface area contributed by atoms with Gasteiger partial charge in [0.25, 0.3) is 0 Å². The number of methoxy groups -OCH3 is 1. The molecule has 3 N–H and O–H groups in total. The molecule has 5 nitrogen and oxygen atoms in total. The molecule has 1 aromatic carbocycles. The van der Waals surface area contributed by atoms with Crippen molar-refractivity contribution in [1.82, 2.24) is 4.90 Å². The van der Waals surface area contributed by atoms with Gasteiger partial charge in [-0.3, -0.25) is 9.69 Å². The zero-order valence-corrected chi connectivity index (χ0v) is 14.7. The van der Waals surface area contributed by atoms with E-state index >= 15 is 0 Å². The number of nitrogens with zero attached hydrogens (tertiary/aromatic N) is 1. The number of hydrogen-bond donors (Lipinski definition) is 2. The van der Waals surface area contributed by atoms with E-state index in [9.17, 15) is 4.79 Å². The van der Waals surface area contributed by atoms with Crippen LogP contribution in [0.3, 0.4) is 0 Å². The van der Waals surface area contributed by atoms with E-state index < -0.39 is 0 Å². The Morgan fingerprint density at radius 1 is 1.43 bits per heavy atom. The highest BCUT2D eigenvalue weighted by Crippen LogP contribution is 2.37. The maximum absolute atomic E-state index is 12.2. The first-order valence-electron chi connectivity index (χ1n) is 7.68. The highest BCUT2D eigenvalue weighted by molar-refractivity contribution is 6.32. The molecule has 2 aliphatic rings. The van der Waals surface area contributed by atoms with E-state index in [0.717, 1.165) is 19.5 Å². The van der Waals surface area contributed by atoms with Gasteiger partial charge in [-0.2, -0.15) is 0 Å². The van der Waals surface area contributed by atoms with E-state index in [2.05, 4.69) is 10.2 Å². The minimum atomic E-state index is -0.0187. The molecule has 128 valence electrons. The predicted octanol–water partition coefficient (Wildman–Crippen LogP) is 2.38. The van der Waals surface area contributed by atoms with Crippen LogP contribution >= 0.6 is 24.0 Å². The molecule has 1 aliphatic carbocycles. The topological polar surface area (TPSA) is 67.6 Å². The number of benzene rings is 1. The van der Waals surface area contributed by atoms with Gasteiger partial charge in [0.1, 0.15) is 5.75 Å². The normalized spacial score (nSPS) is 26.5. The Labute approximate surface area is 147 Å². The van der Waals surface area contributed by atoms with Gasteiger partial charge >= 0.3 is 0 Å². The second kappa shape index (κ2) is 7.71. The third kappa shape index (κ3) is 4.10. The minimum Gasteiger partial charge on any atom is -0.495 e. The summed E-state index contributed by atoms with van der Waals surface area (Å²) in [6.45, 7) is 2.32. The number of anilines is 1. The average Bonchev–Trinajstić information content (AvgIpc) is 3.01. The van der Waals surface area contributed by atoms with E-state index in [1.54, 1.807) is 25.3 Å². The first-order valence-corrected chi connectivity index (χ1v) is 8.06. The fourth-order valence-corrected chi connectivity index (χ4v) is 3.93. The van der Waals surface area contributed by atoms with Crippen LogP contribution in [0.15, 0.2) is 18.2 Å². The molecule has 3 rings (SSSR count). The van der Waals surface area contributed by atoms with Gasteiger partial charge in [0.05, 0.1) is 18.7 Å². The van der Waals surface area contributed by atoms with Gasteiger partial charge in [0.15, 0.2) is 0 Å². The molecule has 2 fully saturated rings. The van der Waals surface area contributed by atoms with Gasteiger partial charge < -0.3 is 15.8 Å². The van der Waals surface area contributed by atoms with Gasteiger partial charge in [0.2, 0.25) is 5.91 Å². The molecule has 1 heterocycles. The largest absolute Gasteiger partial charge is 0.495 e. The zero-order valence-electron chi connectivity index (χ0n) is 13.1. The SMILES string of the molecule is COc1ccc(NC(=O)CN2CC3CCC(N)C3C2)cc1Cl.Cl. The Morgan fingerprint density at radius 3 is 2.87 bits per heavy atom. The van der Waals surface area contributed by atoms with Crippen LogP contribution in [0.25, 0.3) is 0 Å². The van der Waals surface area contributed by atoms with Crippen LogP contribution in [0.5, 0.6) is 5.75 Å². The van der Waals surface area contributed by atoms with Crippen LogP contribution in [0.1, 0.15) is 12.8 Å².